The number of para-hydroxylation sites is 2. The van der Waals surface area contributed by atoms with Gasteiger partial charge >= 0.3 is 0 Å². The highest BCUT2D eigenvalue weighted by Crippen LogP contribution is 2.46. The van der Waals surface area contributed by atoms with Crippen LogP contribution < -0.4 is 4.90 Å². The van der Waals surface area contributed by atoms with Gasteiger partial charge in [-0.3, -0.25) is 0 Å². The topological polar surface area (TPSA) is 16.4 Å². The summed E-state index contributed by atoms with van der Waals surface area (Å²) in [6, 6.07) is 34.0. The molecular weight excluding hydrogens is 558 g/mol. The Bertz CT molecular complexity index is 3000. The highest BCUT2D eigenvalue weighted by atomic mass is 16.3. The molecule has 0 aliphatic rings. The molecule has 1 aromatic heterocycles. The standard InChI is InChI=1S/C44H29NO/c1-2-12-30(13-3-1)31-24-27-34(28-25-31)45(41-23-10-16-32-14-4-6-17-35(32)41)42-22-9-8-19-37(42)38-20-11-21-39-40-29-26-33-15-5-7-18-36(33)43(40)46-44(38)39/h1-29H/i1D,2D,3D,12D,13D,24D,25D,27D,28D. The second-order valence-corrected chi connectivity index (χ2v) is 11.0. The predicted octanol–water partition coefficient (Wildman–Crippen LogP) is 12.7. The summed E-state index contributed by atoms with van der Waals surface area (Å²) in [7, 11) is 0. The van der Waals surface area contributed by atoms with Crippen molar-refractivity contribution in [3.8, 4) is 22.3 Å². The van der Waals surface area contributed by atoms with Crippen LogP contribution in [0.4, 0.5) is 17.1 Å². The molecule has 0 fully saturated rings. The number of hydrogen-bond donors (Lipinski definition) is 0. The van der Waals surface area contributed by atoms with E-state index in [2.05, 4.69) is 12.1 Å². The third-order valence-electron chi connectivity index (χ3n) is 8.42. The second kappa shape index (κ2) is 10.8. The highest BCUT2D eigenvalue weighted by Gasteiger charge is 2.22. The molecule has 216 valence electrons. The van der Waals surface area contributed by atoms with Gasteiger partial charge in [-0.2, -0.15) is 0 Å². The van der Waals surface area contributed by atoms with Crippen LogP contribution in [0.3, 0.4) is 0 Å². The molecule has 2 nitrogen and oxygen atoms in total. The van der Waals surface area contributed by atoms with Gasteiger partial charge < -0.3 is 9.32 Å². The van der Waals surface area contributed by atoms with Crippen LogP contribution in [0.15, 0.2) is 180 Å². The molecule has 0 atom stereocenters. The average Bonchev–Trinajstić information content (AvgIpc) is 3.61. The Kier molecular flexibility index (Phi) is 4.37. The van der Waals surface area contributed by atoms with Crippen LogP contribution in [0.5, 0.6) is 0 Å². The Morgan fingerprint density at radius 1 is 0.413 bits per heavy atom. The Morgan fingerprint density at radius 2 is 1.00 bits per heavy atom. The van der Waals surface area contributed by atoms with Gasteiger partial charge in [0.1, 0.15) is 11.2 Å². The van der Waals surface area contributed by atoms with E-state index in [0.717, 1.165) is 43.5 Å². The molecule has 2 heteroatoms. The first kappa shape index (κ1) is 18.6. The lowest BCUT2D eigenvalue weighted by atomic mass is 9.98. The van der Waals surface area contributed by atoms with Crippen molar-refractivity contribution in [2.75, 3.05) is 4.90 Å². The number of furan rings is 1. The molecule has 0 saturated heterocycles. The van der Waals surface area contributed by atoms with Gasteiger partial charge in [-0.15, -0.1) is 0 Å². The van der Waals surface area contributed by atoms with Crippen molar-refractivity contribution in [2.45, 2.75) is 0 Å². The van der Waals surface area contributed by atoms with Gasteiger partial charge in [-0.1, -0.05) is 145 Å². The fraction of sp³-hybridized carbons (Fsp3) is 0. The maximum atomic E-state index is 9.50. The fourth-order valence-corrected chi connectivity index (χ4v) is 6.33. The van der Waals surface area contributed by atoms with Gasteiger partial charge in [0.05, 0.1) is 23.7 Å². The number of benzene rings is 8. The fourth-order valence-electron chi connectivity index (χ4n) is 6.33. The van der Waals surface area contributed by atoms with E-state index >= 15 is 0 Å². The number of rotatable bonds is 5. The smallest absolute Gasteiger partial charge is 0.143 e. The summed E-state index contributed by atoms with van der Waals surface area (Å²) in [4.78, 5) is 1.72. The first-order chi connectivity index (χ1) is 26.6. The number of hydrogen-bond acceptors (Lipinski definition) is 2. The minimum Gasteiger partial charge on any atom is -0.455 e. The zero-order valence-electron chi connectivity index (χ0n) is 33.4. The first-order valence-corrected chi connectivity index (χ1v) is 15.0. The van der Waals surface area contributed by atoms with Gasteiger partial charge in [0.2, 0.25) is 0 Å². The lowest BCUT2D eigenvalue weighted by Crippen LogP contribution is -2.11. The molecule has 0 unspecified atom stereocenters. The van der Waals surface area contributed by atoms with Crippen LogP contribution >= 0.6 is 0 Å². The number of fused-ring (bicyclic) bond motifs is 6. The molecule has 46 heavy (non-hydrogen) atoms. The predicted molar refractivity (Wildman–Crippen MR) is 194 cm³/mol. The molecule has 9 rings (SSSR count). The third kappa shape index (κ3) is 4.27. The summed E-state index contributed by atoms with van der Waals surface area (Å²) in [5, 5.41) is 5.59. The van der Waals surface area contributed by atoms with Gasteiger partial charge in [0.25, 0.3) is 0 Å². The summed E-state index contributed by atoms with van der Waals surface area (Å²) < 4.78 is 86.0. The van der Waals surface area contributed by atoms with E-state index < -0.39 is 59.9 Å². The van der Waals surface area contributed by atoms with Gasteiger partial charge in [-0.25, -0.2) is 0 Å². The van der Waals surface area contributed by atoms with Gasteiger partial charge in [0, 0.05) is 38.4 Å². The molecule has 1 heterocycles. The van der Waals surface area contributed by atoms with Crippen LogP contribution in [0.2, 0.25) is 0 Å². The monoisotopic (exact) mass is 596 g/mol. The average molecular weight is 597 g/mol. The second-order valence-electron chi connectivity index (χ2n) is 11.0. The minimum absolute atomic E-state index is 0.0716. The van der Waals surface area contributed by atoms with E-state index in [9.17, 15) is 5.48 Å². The zero-order valence-corrected chi connectivity index (χ0v) is 24.4. The lowest BCUT2D eigenvalue weighted by molar-refractivity contribution is 0.674. The largest absolute Gasteiger partial charge is 0.455 e. The number of nitrogens with zero attached hydrogens (tertiary/aromatic N) is 1. The van der Waals surface area contributed by atoms with Gasteiger partial charge in [-0.05, 0) is 52.2 Å². The lowest BCUT2D eigenvalue weighted by Gasteiger charge is -2.29. The Morgan fingerprint density at radius 3 is 1.85 bits per heavy atom. The summed E-state index contributed by atoms with van der Waals surface area (Å²) in [6.45, 7) is 0. The van der Waals surface area contributed by atoms with E-state index in [0.29, 0.717) is 22.5 Å². The van der Waals surface area contributed by atoms with Gasteiger partial charge in [0.15, 0.2) is 0 Å². The quantitative estimate of drug-likeness (QED) is 0.196. The van der Waals surface area contributed by atoms with Crippen LogP contribution in [-0.4, -0.2) is 0 Å². The molecule has 0 radical (unpaired) electrons. The highest BCUT2D eigenvalue weighted by molar-refractivity contribution is 6.17. The molecule has 0 aliphatic carbocycles. The summed E-state index contributed by atoms with van der Waals surface area (Å²) in [6.07, 6.45) is 0. The first-order valence-electron chi connectivity index (χ1n) is 19.5. The summed E-state index contributed by atoms with van der Waals surface area (Å²) >= 11 is 0. The van der Waals surface area contributed by atoms with Crippen molar-refractivity contribution >= 4 is 60.5 Å². The Labute approximate surface area is 280 Å². The maximum absolute atomic E-state index is 9.50. The zero-order chi connectivity index (χ0) is 38.3. The third-order valence-corrected chi connectivity index (χ3v) is 8.42. The van der Waals surface area contributed by atoms with E-state index in [-0.39, 0.29) is 11.3 Å². The van der Waals surface area contributed by atoms with E-state index in [1.807, 2.05) is 109 Å². The molecular formula is C44H29NO. The SMILES string of the molecule is [2H]c1c([2H])c([2H])c(-c2c([2H])c([2H])c(N(c3ccccc3-c3cccc4c3oc3c5ccccc5ccc43)c3cccc4ccccc34)c([2H])c2[2H])c([2H])c1[2H]. The summed E-state index contributed by atoms with van der Waals surface area (Å²) in [5.74, 6) is 0. The van der Waals surface area contributed by atoms with Crippen molar-refractivity contribution in [1.29, 1.82) is 0 Å². The van der Waals surface area contributed by atoms with E-state index in [4.69, 9.17) is 11.3 Å². The number of anilines is 3. The molecule has 0 saturated carbocycles. The van der Waals surface area contributed by atoms with Crippen LogP contribution in [0.25, 0.3) is 65.7 Å². The molecule has 9 aromatic rings. The Hall–Kier alpha value is -6.12. The molecule has 0 bridgehead atoms. The Balaban J connectivity index is 1.36. The van der Waals surface area contributed by atoms with Crippen LogP contribution in [0.1, 0.15) is 12.3 Å². The molecule has 0 aliphatic heterocycles. The van der Waals surface area contributed by atoms with Crippen molar-refractivity contribution in [1.82, 2.24) is 0 Å². The minimum atomic E-state index is -0.629. The van der Waals surface area contributed by atoms with E-state index in [1.165, 1.54) is 0 Å². The van der Waals surface area contributed by atoms with Crippen LogP contribution in [-0.2, 0) is 0 Å². The van der Waals surface area contributed by atoms with E-state index in [1.54, 1.807) is 4.90 Å². The van der Waals surface area contributed by atoms with Crippen molar-refractivity contribution in [2.24, 2.45) is 0 Å². The summed E-state index contributed by atoms with van der Waals surface area (Å²) in [5.41, 5.74) is 3.16. The van der Waals surface area contributed by atoms with Crippen molar-refractivity contribution in [3.63, 3.8) is 0 Å². The molecule has 8 aromatic carbocycles. The van der Waals surface area contributed by atoms with Crippen molar-refractivity contribution in [3.05, 3.63) is 176 Å². The molecule has 0 spiro atoms. The van der Waals surface area contributed by atoms with Crippen molar-refractivity contribution < 1.29 is 16.8 Å². The normalized spacial score (nSPS) is 14.2. The maximum Gasteiger partial charge on any atom is 0.143 e. The molecule has 0 amide bonds. The van der Waals surface area contributed by atoms with Crippen LogP contribution in [0, 0.1) is 0 Å². The molecule has 0 N–H and O–H groups in total.